The highest BCUT2D eigenvalue weighted by atomic mass is 16.6. The molecule has 0 heterocycles. The highest BCUT2D eigenvalue weighted by Gasteiger charge is 2.32. The lowest BCUT2D eigenvalue weighted by molar-refractivity contribution is -0.133. The van der Waals surface area contributed by atoms with E-state index in [-0.39, 0.29) is 17.4 Å². The van der Waals surface area contributed by atoms with Gasteiger partial charge in [-0.1, -0.05) is 81.4 Å². The van der Waals surface area contributed by atoms with Crippen LogP contribution in [-0.2, 0) is 16.2 Å². The Morgan fingerprint density at radius 2 is 1.56 bits per heavy atom. The highest BCUT2D eigenvalue weighted by Crippen LogP contribution is 2.21. The lowest BCUT2D eigenvalue weighted by Gasteiger charge is -2.31. The average molecular weight is 340 g/mol. The Bertz CT molecular complexity index is 651. The zero-order valence-corrected chi connectivity index (χ0v) is 15.5. The Labute approximate surface area is 150 Å². The molecule has 0 bridgehead atoms. The van der Waals surface area contributed by atoms with E-state index in [4.69, 9.17) is 4.84 Å². The third-order valence-corrected chi connectivity index (χ3v) is 4.07. The minimum atomic E-state index is -0.456. The van der Waals surface area contributed by atoms with Crippen molar-refractivity contribution in [1.82, 2.24) is 10.8 Å². The van der Waals surface area contributed by atoms with Crippen molar-refractivity contribution < 1.29 is 9.63 Å². The predicted octanol–water partition coefficient (Wildman–Crippen LogP) is 4.00. The zero-order chi connectivity index (χ0) is 18.3. The van der Waals surface area contributed by atoms with Crippen LogP contribution in [0.15, 0.2) is 60.7 Å². The van der Waals surface area contributed by atoms with Gasteiger partial charge < -0.3 is 5.32 Å². The van der Waals surface area contributed by atoms with Gasteiger partial charge in [0.05, 0.1) is 12.6 Å². The second-order valence-electron chi connectivity index (χ2n) is 7.33. The van der Waals surface area contributed by atoms with E-state index in [0.717, 1.165) is 11.1 Å². The third-order valence-electron chi connectivity index (χ3n) is 4.07. The molecule has 0 saturated heterocycles. The van der Waals surface area contributed by atoms with Crippen molar-refractivity contribution in [2.24, 2.45) is 5.41 Å². The van der Waals surface area contributed by atoms with Gasteiger partial charge in [0.25, 0.3) is 0 Å². The van der Waals surface area contributed by atoms with Crippen LogP contribution < -0.4 is 10.8 Å². The number of amides is 1. The first-order valence-electron chi connectivity index (χ1n) is 8.64. The van der Waals surface area contributed by atoms with Crippen LogP contribution in [0.2, 0.25) is 0 Å². The molecule has 0 aliphatic carbocycles. The minimum Gasteiger partial charge on any atom is -0.348 e. The summed E-state index contributed by atoms with van der Waals surface area (Å²) in [7, 11) is 0. The zero-order valence-electron chi connectivity index (χ0n) is 15.5. The normalized spacial score (nSPS) is 13.9. The molecular weight excluding hydrogens is 312 g/mol. The molecule has 2 aromatic rings. The van der Waals surface area contributed by atoms with Gasteiger partial charge in [-0.15, -0.1) is 0 Å². The van der Waals surface area contributed by atoms with Crippen molar-refractivity contribution in [2.45, 2.75) is 46.4 Å². The Balaban J connectivity index is 1.95. The summed E-state index contributed by atoms with van der Waals surface area (Å²) in [5, 5.41) is 3.07. The standard InChI is InChI=1S/C21H28N2O2/c1-16(18-13-9-6-10-14-18)22-20(24)19(21(2,3)4)23-25-15-17-11-7-5-8-12-17/h5-14,16,19,23H,15H2,1-4H3,(H,22,24). The smallest absolute Gasteiger partial charge is 0.240 e. The number of carbonyl (C=O) groups is 1. The van der Waals surface area contributed by atoms with Crippen LogP contribution in [0, 0.1) is 5.41 Å². The van der Waals surface area contributed by atoms with Gasteiger partial charge >= 0.3 is 0 Å². The number of hydrogen-bond acceptors (Lipinski definition) is 3. The van der Waals surface area contributed by atoms with E-state index >= 15 is 0 Å². The van der Waals surface area contributed by atoms with E-state index in [1.165, 1.54) is 0 Å². The molecule has 0 fully saturated rings. The SMILES string of the molecule is CC(NC(=O)C(NOCc1ccccc1)C(C)(C)C)c1ccccc1. The maximum absolute atomic E-state index is 12.8. The van der Waals surface area contributed by atoms with Crippen molar-refractivity contribution in [3.63, 3.8) is 0 Å². The molecule has 2 rings (SSSR count). The number of hydrogen-bond donors (Lipinski definition) is 2. The molecule has 0 spiro atoms. The van der Waals surface area contributed by atoms with E-state index in [1.807, 2.05) is 88.4 Å². The van der Waals surface area contributed by atoms with Crippen LogP contribution in [0.25, 0.3) is 0 Å². The number of nitrogens with one attached hydrogen (secondary N) is 2. The topological polar surface area (TPSA) is 50.4 Å². The van der Waals surface area contributed by atoms with E-state index in [1.54, 1.807) is 0 Å². The molecule has 2 N–H and O–H groups in total. The van der Waals surface area contributed by atoms with E-state index in [9.17, 15) is 4.79 Å². The Morgan fingerprint density at radius 3 is 2.12 bits per heavy atom. The van der Waals surface area contributed by atoms with Crippen LogP contribution in [0.4, 0.5) is 0 Å². The van der Waals surface area contributed by atoms with E-state index < -0.39 is 6.04 Å². The fourth-order valence-corrected chi connectivity index (χ4v) is 2.53. The fraction of sp³-hybridized carbons (Fsp3) is 0.381. The van der Waals surface area contributed by atoms with Crippen LogP contribution in [0.1, 0.15) is 44.9 Å². The number of carbonyl (C=O) groups excluding carboxylic acids is 1. The summed E-state index contributed by atoms with van der Waals surface area (Å²) in [5.74, 6) is -0.0723. The van der Waals surface area contributed by atoms with Gasteiger partial charge in [0.15, 0.2) is 0 Å². The number of hydroxylamine groups is 1. The lowest BCUT2D eigenvalue weighted by Crippen LogP contribution is -2.51. The van der Waals surface area contributed by atoms with Gasteiger partial charge in [-0.3, -0.25) is 9.63 Å². The Morgan fingerprint density at radius 1 is 1.00 bits per heavy atom. The summed E-state index contributed by atoms with van der Waals surface area (Å²) in [6, 6.07) is 19.3. The Hall–Kier alpha value is -2.17. The summed E-state index contributed by atoms with van der Waals surface area (Å²) < 4.78 is 0. The molecule has 0 radical (unpaired) electrons. The minimum absolute atomic E-state index is 0.0607. The van der Waals surface area contributed by atoms with Gasteiger partial charge in [0.1, 0.15) is 6.04 Å². The lowest BCUT2D eigenvalue weighted by atomic mass is 9.86. The molecule has 0 saturated carbocycles. The number of benzene rings is 2. The molecule has 2 atom stereocenters. The molecule has 2 unspecified atom stereocenters. The molecular formula is C21H28N2O2. The second kappa shape index (κ2) is 8.79. The highest BCUT2D eigenvalue weighted by molar-refractivity contribution is 5.82. The summed E-state index contributed by atoms with van der Waals surface area (Å²) in [4.78, 5) is 18.4. The molecule has 25 heavy (non-hydrogen) atoms. The monoisotopic (exact) mass is 340 g/mol. The van der Waals surface area contributed by atoms with Crippen molar-refractivity contribution in [2.75, 3.05) is 0 Å². The van der Waals surface area contributed by atoms with Crippen molar-refractivity contribution in [3.05, 3.63) is 71.8 Å². The van der Waals surface area contributed by atoms with Crippen LogP contribution in [0.3, 0.4) is 0 Å². The maximum atomic E-state index is 12.8. The van der Waals surface area contributed by atoms with E-state index in [0.29, 0.717) is 6.61 Å². The maximum Gasteiger partial charge on any atom is 0.240 e. The van der Waals surface area contributed by atoms with Crippen molar-refractivity contribution in [1.29, 1.82) is 0 Å². The first kappa shape index (κ1) is 19.2. The van der Waals surface area contributed by atoms with E-state index in [2.05, 4.69) is 10.8 Å². The molecule has 2 aromatic carbocycles. The summed E-state index contributed by atoms with van der Waals surface area (Å²) >= 11 is 0. The molecule has 1 amide bonds. The first-order chi connectivity index (χ1) is 11.9. The Kier molecular flexibility index (Phi) is 6.73. The third kappa shape index (κ3) is 6.00. The molecule has 0 aliphatic heterocycles. The number of rotatable bonds is 7. The molecule has 134 valence electrons. The molecule has 4 heteroatoms. The average Bonchev–Trinajstić information content (AvgIpc) is 2.59. The van der Waals surface area contributed by atoms with Crippen molar-refractivity contribution >= 4 is 5.91 Å². The molecule has 4 nitrogen and oxygen atoms in total. The van der Waals surface area contributed by atoms with Gasteiger partial charge in [-0.2, -0.15) is 5.48 Å². The summed E-state index contributed by atoms with van der Waals surface area (Å²) in [6.07, 6.45) is 0. The quantitative estimate of drug-likeness (QED) is 0.749. The van der Waals surface area contributed by atoms with Gasteiger partial charge in [0, 0.05) is 0 Å². The fourth-order valence-electron chi connectivity index (χ4n) is 2.53. The van der Waals surface area contributed by atoms with Crippen LogP contribution in [0.5, 0.6) is 0 Å². The van der Waals surface area contributed by atoms with Crippen molar-refractivity contribution in [3.8, 4) is 0 Å². The first-order valence-corrected chi connectivity index (χ1v) is 8.64. The van der Waals surface area contributed by atoms with Gasteiger partial charge in [0.2, 0.25) is 5.91 Å². The van der Waals surface area contributed by atoms with Crippen LogP contribution >= 0.6 is 0 Å². The van der Waals surface area contributed by atoms with Gasteiger partial charge in [-0.05, 0) is 23.5 Å². The largest absolute Gasteiger partial charge is 0.348 e. The summed E-state index contributed by atoms with van der Waals surface area (Å²) in [6.45, 7) is 8.45. The van der Waals surface area contributed by atoms with Gasteiger partial charge in [-0.25, -0.2) is 0 Å². The summed E-state index contributed by atoms with van der Waals surface area (Å²) in [5.41, 5.74) is 4.81. The second-order valence-corrected chi connectivity index (χ2v) is 7.33. The van der Waals surface area contributed by atoms with Crippen LogP contribution in [-0.4, -0.2) is 11.9 Å². The molecule has 0 aliphatic rings. The predicted molar refractivity (Wildman–Crippen MR) is 101 cm³/mol. The molecule has 0 aromatic heterocycles.